The largest absolute Gasteiger partial charge is 0.497 e. The molecule has 2 heterocycles. The Kier molecular flexibility index (Phi) is 5.61. The number of ether oxygens (including phenoxy) is 1. The van der Waals surface area contributed by atoms with Crippen molar-refractivity contribution in [3.8, 4) is 5.75 Å². The van der Waals surface area contributed by atoms with Gasteiger partial charge in [0.05, 0.1) is 7.11 Å². The highest BCUT2D eigenvalue weighted by molar-refractivity contribution is 5.76. The van der Waals surface area contributed by atoms with Crippen LogP contribution in [0, 0.1) is 6.92 Å². The standard InChI is InChI=1S/C20H28N4O2/c1-15-9-11-21-24(15)12-10-20(25)23-13-18(19(14-23)22(2)3)16-5-7-17(26-4)8-6-16/h5-9,11,18-19H,10,12-14H2,1-4H3/t18-,19+/m0/s1. The Hall–Kier alpha value is -2.34. The molecule has 0 unspecified atom stereocenters. The molecule has 1 amide bonds. The molecule has 3 rings (SSSR count). The molecular weight excluding hydrogens is 328 g/mol. The van der Waals surface area contributed by atoms with Crippen molar-refractivity contribution in [3.05, 3.63) is 47.8 Å². The molecule has 0 N–H and O–H groups in total. The highest BCUT2D eigenvalue weighted by Crippen LogP contribution is 2.31. The van der Waals surface area contributed by atoms with Crippen LogP contribution in [0.25, 0.3) is 0 Å². The predicted molar refractivity (Wildman–Crippen MR) is 101 cm³/mol. The summed E-state index contributed by atoms with van der Waals surface area (Å²) in [6.07, 6.45) is 2.26. The Morgan fingerprint density at radius 1 is 1.23 bits per heavy atom. The number of carbonyl (C=O) groups excluding carboxylic acids is 1. The summed E-state index contributed by atoms with van der Waals surface area (Å²) in [6.45, 7) is 4.16. The third-order valence-corrected chi connectivity index (χ3v) is 5.32. The lowest BCUT2D eigenvalue weighted by Crippen LogP contribution is -2.36. The van der Waals surface area contributed by atoms with Gasteiger partial charge >= 0.3 is 0 Å². The second-order valence-electron chi connectivity index (χ2n) is 7.16. The van der Waals surface area contributed by atoms with E-state index in [2.05, 4.69) is 36.2 Å². The Morgan fingerprint density at radius 3 is 2.54 bits per heavy atom. The van der Waals surface area contributed by atoms with E-state index < -0.39 is 0 Å². The second-order valence-corrected chi connectivity index (χ2v) is 7.16. The average molecular weight is 356 g/mol. The molecule has 1 aromatic heterocycles. The van der Waals surface area contributed by atoms with Crippen LogP contribution in [0.3, 0.4) is 0 Å². The first-order chi connectivity index (χ1) is 12.5. The number of likely N-dealkylation sites (tertiary alicyclic amines) is 1. The van der Waals surface area contributed by atoms with Crippen LogP contribution in [0.15, 0.2) is 36.5 Å². The van der Waals surface area contributed by atoms with E-state index in [-0.39, 0.29) is 5.91 Å². The number of amides is 1. The first-order valence-corrected chi connectivity index (χ1v) is 9.06. The van der Waals surface area contributed by atoms with Crippen LogP contribution in [0.5, 0.6) is 5.75 Å². The molecule has 1 aliphatic heterocycles. The summed E-state index contributed by atoms with van der Waals surface area (Å²) in [5.41, 5.74) is 2.34. The van der Waals surface area contributed by atoms with Crippen molar-refractivity contribution < 1.29 is 9.53 Å². The summed E-state index contributed by atoms with van der Waals surface area (Å²) < 4.78 is 7.15. The van der Waals surface area contributed by atoms with Crippen molar-refractivity contribution in [2.75, 3.05) is 34.3 Å². The molecule has 2 atom stereocenters. The highest BCUT2D eigenvalue weighted by atomic mass is 16.5. The highest BCUT2D eigenvalue weighted by Gasteiger charge is 2.37. The summed E-state index contributed by atoms with van der Waals surface area (Å²) in [5.74, 6) is 1.37. The Balaban J connectivity index is 1.67. The Morgan fingerprint density at radius 2 is 1.96 bits per heavy atom. The lowest BCUT2D eigenvalue weighted by atomic mass is 9.93. The molecule has 0 bridgehead atoms. The zero-order chi connectivity index (χ0) is 18.7. The molecule has 1 aliphatic rings. The van der Waals surface area contributed by atoms with Crippen molar-refractivity contribution in [1.82, 2.24) is 19.6 Å². The van der Waals surface area contributed by atoms with Gasteiger partial charge in [-0.1, -0.05) is 12.1 Å². The van der Waals surface area contributed by atoms with Gasteiger partial charge in [-0.15, -0.1) is 0 Å². The average Bonchev–Trinajstić information content (AvgIpc) is 3.26. The van der Waals surface area contributed by atoms with Crippen molar-refractivity contribution in [1.29, 1.82) is 0 Å². The summed E-state index contributed by atoms with van der Waals surface area (Å²) in [6, 6.07) is 10.5. The van der Waals surface area contributed by atoms with Gasteiger partial charge in [-0.2, -0.15) is 5.10 Å². The number of aryl methyl sites for hydroxylation is 2. The van der Waals surface area contributed by atoms with Crippen molar-refractivity contribution >= 4 is 5.91 Å². The number of aromatic nitrogens is 2. The van der Waals surface area contributed by atoms with E-state index in [1.807, 2.05) is 34.7 Å². The molecule has 26 heavy (non-hydrogen) atoms. The van der Waals surface area contributed by atoms with Gasteiger partial charge in [0.15, 0.2) is 0 Å². The zero-order valence-electron chi connectivity index (χ0n) is 16.1. The molecule has 0 spiro atoms. The SMILES string of the molecule is COc1ccc([C@@H]2CN(C(=O)CCn3nccc3C)C[C@H]2N(C)C)cc1. The van der Waals surface area contributed by atoms with Gasteiger partial charge in [0.25, 0.3) is 0 Å². The second kappa shape index (κ2) is 7.91. The first-order valence-electron chi connectivity index (χ1n) is 9.06. The van der Waals surface area contributed by atoms with E-state index >= 15 is 0 Å². The van der Waals surface area contributed by atoms with Gasteiger partial charge in [-0.25, -0.2) is 0 Å². The van der Waals surface area contributed by atoms with Gasteiger partial charge in [-0.3, -0.25) is 9.48 Å². The molecule has 6 nitrogen and oxygen atoms in total. The van der Waals surface area contributed by atoms with Gasteiger partial charge in [0, 0.05) is 49.9 Å². The maximum atomic E-state index is 12.7. The van der Waals surface area contributed by atoms with E-state index in [1.165, 1.54) is 5.56 Å². The third-order valence-electron chi connectivity index (χ3n) is 5.32. The maximum absolute atomic E-state index is 12.7. The fraction of sp³-hybridized carbons (Fsp3) is 0.500. The summed E-state index contributed by atoms with van der Waals surface area (Å²) in [7, 11) is 5.85. The topological polar surface area (TPSA) is 50.6 Å². The van der Waals surface area contributed by atoms with Crippen LogP contribution in [-0.2, 0) is 11.3 Å². The molecule has 0 aliphatic carbocycles. The van der Waals surface area contributed by atoms with Crippen LogP contribution in [0.1, 0.15) is 23.6 Å². The predicted octanol–water partition coefficient (Wildman–Crippen LogP) is 2.15. The van der Waals surface area contributed by atoms with E-state index in [4.69, 9.17) is 4.74 Å². The Labute approximate surface area is 155 Å². The van der Waals surface area contributed by atoms with Crippen LogP contribution in [0.2, 0.25) is 0 Å². The molecule has 1 saturated heterocycles. The molecule has 140 valence electrons. The van der Waals surface area contributed by atoms with Crippen molar-refractivity contribution in [2.45, 2.75) is 31.8 Å². The minimum absolute atomic E-state index is 0.197. The number of likely N-dealkylation sites (N-methyl/N-ethyl adjacent to an activating group) is 1. The summed E-state index contributed by atoms with van der Waals surface area (Å²) in [5, 5.41) is 4.26. The summed E-state index contributed by atoms with van der Waals surface area (Å²) >= 11 is 0. The number of benzene rings is 1. The minimum atomic E-state index is 0.197. The van der Waals surface area contributed by atoms with E-state index in [0.29, 0.717) is 24.9 Å². The number of hydrogen-bond donors (Lipinski definition) is 0. The molecular formula is C20H28N4O2. The van der Waals surface area contributed by atoms with Crippen molar-refractivity contribution in [3.63, 3.8) is 0 Å². The lowest BCUT2D eigenvalue weighted by Gasteiger charge is -2.25. The number of nitrogens with zero attached hydrogens (tertiary/aromatic N) is 4. The van der Waals surface area contributed by atoms with Crippen LogP contribution in [-0.4, -0.2) is 65.8 Å². The lowest BCUT2D eigenvalue weighted by molar-refractivity contribution is -0.130. The smallest absolute Gasteiger partial charge is 0.224 e. The maximum Gasteiger partial charge on any atom is 0.224 e. The molecule has 2 aromatic rings. The Bertz CT molecular complexity index is 739. The molecule has 0 saturated carbocycles. The quantitative estimate of drug-likeness (QED) is 0.796. The summed E-state index contributed by atoms with van der Waals surface area (Å²) in [4.78, 5) is 17.0. The fourth-order valence-corrected chi connectivity index (χ4v) is 3.68. The van der Waals surface area contributed by atoms with E-state index in [0.717, 1.165) is 24.5 Å². The van der Waals surface area contributed by atoms with Crippen LogP contribution in [0.4, 0.5) is 0 Å². The molecule has 6 heteroatoms. The monoisotopic (exact) mass is 356 g/mol. The van der Waals surface area contributed by atoms with Gasteiger partial charge in [-0.05, 0) is 44.8 Å². The number of rotatable bonds is 6. The number of hydrogen-bond acceptors (Lipinski definition) is 4. The number of methoxy groups -OCH3 is 1. The van der Waals surface area contributed by atoms with Gasteiger partial charge in [0.1, 0.15) is 5.75 Å². The van der Waals surface area contributed by atoms with Crippen LogP contribution >= 0.6 is 0 Å². The van der Waals surface area contributed by atoms with Gasteiger partial charge in [0.2, 0.25) is 5.91 Å². The molecule has 0 radical (unpaired) electrons. The van der Waals surface area contributed by atoms with Crippen molar-refractivity contribution in [2.24, 2.45) is 0 Å². The first kappa shape index (κ1) is 18.5. The molecule has 1 fully saturated rings. The van der Waals surface area contributed by atoms with Crippen LogP contribution < -0.4 is 4.74 Å². The van der Waals surface area contributed by atoms with E-state index in [1.54, 1.807) is 13.3 Å². The third kappa shape index (κ3) is 3.90. The number of carbonyl (C=O) groups is 1. The zero-order valence-corrected chi connectivity index (χ0v) is 16.1. The normalized spacial score (nSPS) is 20.0. The van der Waals surface area contributed by atoms with Gasteiger partial charge < -0.3 is 14.5 Å². The van der Waals surface area contributed by atoms with E-state index in [9.17, 15) is 4.79 Å². The minimum Gasteiger partial charge on any atom is -0.497 e. The fourth-order valence-electron chi connectivity index (χ4n) is 3.68. The molecule has 1 aromatic carbocycles.